The predicted octanol–water partition coefficient (Wildman–Crippen LogP) is 2.92. The van der Waals surface area contributed by atoms with Crippen molar-refractivity contribution in [3.63, 3.8) is 0 Å². The molecular weight excluding hydrogens is 510 g/mol. The number of thiophene rings is 1. The van der Waals surface area contributed by atoms with Crippen molar-refractivity contribution in [1.29, 1.82) is 0 Å². The smallest absolute Gasteiger partial charge is 0.262 e. The number of nitrogens with one attached hydrogen (secondary N) is 1. The number of benzene rings is 2. The van der Waals surface area contributed by atoms with Crippen LogP contribution in [0.4, 0.5) is 0 Å². The summed E-state index contributed by atoms with van der Waals surface area (Å²) in [4.78, 5) is 42.1. The van der Waals surface area contributed by atoms with E-state index in [0.717, 1.165) is 11.3 Å². The summed E-state index contributed by atoms with van der Waals surface area (Å²) in [5.41, 5.74) is 0.474. The second-order valence-corrected chi connectivity index (χ2v) is 11.2. The average molecular weight is 532 g/mol. The van der Waals surface area contributed by atoms with Crippen LogP contribution in [0.3, 0.4) is 0 Å². The standard InChI is InChI=1S/C24H22ClN3O5S2/c25-18-10-8-17(9-11-18)23(30)27-12-14-28(15-13-27)24(31)22(26-21(29)20-7-4-16-34-20)35(32,33)19-5-2-1-3-6-19/h1-11,16,22H,12-15H2,(H,26,29)/t22-/m1/s1. The van der Waals surface area contributed by atoms with Gasteiger partial charge in [-0.2, -0.15) is 0 Å². The summed E-state index contributed by atoms with van der Waals surface area (Å²) >= 11 is 7.03. The Morgan fingerprint density at radius 3 is 2.09 bits per heavy atom. The van der Waals surface area contributed by atoms with Crippen molar-refractivity contribution in [2.75, 3.05) is 26.2 Å². The molecule has 1 aliphatic heterocycles. The van der Waals surface area contributed by atoms with Gasteiger partial charge in [0, 0.05) is 36.8 Å². The van der Waals surface area contributed by atoms with E-state index in [9.17, 15) is 22.8 Å². The number of halogens is 1. The number of sulfone groups is 1. The van der Waals surface area contributed by atoms with Crippen LogP contribution in [0.25, 0.3) is 0 Å². The predicted molar refractivity (Wildman–Crippen MR) is 133 cm³/mol. The van der Waals surface area contributed by atoms with Crippen molar-refractivity contribution in [3.05, 3.63) is 87.6 Å². The summed E-state index contributed by atoms with van der Waals surface area (Å²) in [5.74, 6) is -1.58. The summed E-state index contributed by atoms with van der Waals surface area (Å²) in [6, 6.07) is 17.3. The molecule has 0 radical (unpaired) electrons. The molecule has 0 bridgehead atoms. The minimum atomic E-state index is -4.22. The summed E-state index contributed by atoms with van der Waals surface area (Å²) in [6.07, 6.45) is 0. The third kappa shape index (κ3) is 5.55. The molecule has 8 nitrogen and oxygen atoms in total. The van der Waals surface area contributed by atoms with E-state index in [-0.39, 0.29) is 37.0 Å². The lowest BCUT2D eigenvalue weighted by Gasteiger charge is -2.36. The lowest BCUT2D eigenvalue weighted by Crippen LogP contribution is -2.57. The van der Waals surface area contributed by atoms with Gasteiger partial charge in [0.1, 0.15) is 0 Å². The van der Waals surface area contributed by atoms with Crippen LogP contribution in [0.1, 0.15) is 20.0 Å². The van der Waals surface area contributed by atoms with E-state index in [1.807, 2.05) is 0 Å². The fourth-order valence-corrected chi connectivity index (χ4v) is 5.93. The molecule has 0 unspecified atom stereocenters. The van der Waals surface area contributed by atoms with Crippen molar-refractivity contribution in [2.24, 2.45) is 0 Å². The Bertz CT molecular complexity index is 1300. The van der Waals surface area contributed by atoms with Crippen LogP contribution in [-0.2, 0) is 14.6 Å². The van der Waals surface area contributed by atoms with Gasteiger partial charge >= 0.3 is 0 Å². The van der Waals surface area contributed by atoms with Gasteiger partial charge in [0.05, 0.1) is 9.77 Å². The molecule has 4 rings (SSSR count). The van der Waals surface area contributed by atoms with E-state index in [1.165, 1.54) is 17.0 Å². The van der Waals surface area contributed by atoms with Gasteiger partial charge in [-0.25, -0.2) is 8.42 Å². The van der Waals surface area contributed by atoms with Crippen molar-refractivity contribution >= 4 is 50.5 Å². The maximum Gasteiger partial charge on any atom is 0.262 e. The molecule has 1 fully saturated rings. The molecule has 1 N–H and O–H groups in total. The lowest BCUT2D eigenvalue weighted by molar-refractivity contribution is -0.132. The van der Waals surface area contributed by atoms with Crippen LogP contribution in [0.5, 0.6) is 0 Å². The van der Waals surface area contributed by atoms with Gasteiger partial charge in [-0.3, -0.25) is 14.4 Å². The number of rotatable bonds is 6. The summed E-state index contributed by atoms with van der Waals surface area (Å²) in [6.45, 7) is 0.718. The summed E-state index contributed by atoms with van der Waals surface area (Å²) < 4.78 is 26.7. The molecule has 35 heavy (non-hydrogen) atoms. The molecule has 1 aliphatic rings. The quantitative estimate of drug-likeness (QED) is 0.527. The molecule has 0 spiro atoms. The molecule has 2 aromatic carbocycles. The van der Waals surface area contributed by atoms with Gasteiger partial charge in [-0.1, -0.05) is 35.9 Å². The highest BCUT2D eigenvalue weighted by molar-refractivity contribution is 7.92. The number of carbonyl (C=O) groups excluding carboxylic acids is 3. The highest BCUT2D eigenvalue weighted by Crippen LogP contribution is 2.19. The minimum absolute atomic E-state index is 0.0682. The molecule has 3 amide bonds. The second kappa shape index (κ2) is 10.6. The zero-order chi connectivity index (χ0) is 25.0. The molecular formula is C24H22ClN3O5S2. The third-order valence-electron chi connectivity index (χ3n) is 5.58. The van der Waals surface area contributed by atoms with Gasteiger partial charge in [0.2, 0.25) is 15.2 Å². The fourth-order valence-electron chi connectivity index (χ4n) is 3.69. The molecule has 2 heterocycles. The monoisotopic (exact) mass is 531 g/mol. The van der Waals surface area contributed by atoms with E-state index in [4.69, 9.17) is 11.6 Å². The molecule has 0 aliphatic carbocycles. The molecule has 1 atom stereocenters. The third-order valence-corrected chi connectivity index (χ3v) is 8.57. The zero-order valence-corrected chi connectivity index (χ0v) is 20.9. The molecule has 0 saturated carbocycles. The number of amides is 3. The maximum atomic E-state index is 13.4. The molecule has 1 saturated heterocycles. The first-order chi connectivity index (χ1) is 16.8. The molecule has 3 aromatic rings. The fraction of sp³-hybridized carbons (Fsp3) is 0.208. The van der Waals surface area contributed by atoms with Crippen LogP contribution >= 0.6 is 22.9 Å². The first kappa shape index (κ1) is 24.9. The average Bonchev–Trinajstić information content (AvgIpc) is 3.43. The highest BCUT2D eigenvalue weighted by atomic mass is 35.5. The first-order valence-electron chi connectivity index (χ1n) is 10.7. The maximum absolute atomic E-state index is 13.4. The van der Waals surface area contributed by atoms with Gasteiger partial charge in [0.15, 0.2) is 0 Å². The van der Waals surface area contributed by atoms with Crippen molar-refractivity contribution < 1.29 is 22.8 Å². The number of carbonyl (C=O) groups is 3. The number of nitrogens with zero attached hydrogens (tertiary/aromatic N) is 2. The van der Waals surface area contributed by atoms with Crippen molar-refractivity contribution in [3.8, 4) is 0 Å². The van der Waals surface area contributed by atoms with Crippen LogP contribution in [0.15, 0.2) is 77.0 Å². The zero-order valence-electron chi connectivity index (χ0n) is 18.5. The highest BCUT2D eigenvalue weighted by Gasteiger charge is 2.39. The van der Waals surface area contributed by atoms with Crippen LogP contribution in [0, 0.1) is 0 Å². The topological polar surface area (TPSA) is 104 Å². The van der Waals surface area contributed by atoms with Crippen LogP contribution in [-0.4, -0.2) is 67.5 Å². The number of hydrogen-bond acceptors (Lipinski definition) is 6. The van der Waals surface area contributed by atoms with E-state index in [0.29, 0.717) is 15.5 Å². The van der Waals surface area contributed by atoms with Gasteiger partial charge < -0.3 is 15.1 Å². The minimum Gasteiger partial charge on any atom is -0.336 e. The Balaban J connectivity index is 1.52. The SMILES string of the molecule is O=C(N[C@@H](C(=O)N1CCN(C(=O)c2ccc(Cl)cc2)CC1)S(=O)(=O)c1ccccc1)c1cccs1. The van der Waals surface area contributed by atoms with Crippen molar-refractivity contribution in [1.82, 2.24) is 15.1 Å². The lowest BCUT2D eigenvalue weighted by atomic mass is 10.2. The Morgan fingerprint density at radius 2 is 1.49 bits per heavy atom. The Hall–Kier alpha value is -3.21. The summed E-state index contributed by atoms with van der Waals surface area (Å²) in [7, 11) is -4.22. The summed E-state index contributed by atoms with van der Waals surface area (Å²) in [5, 5.41) is 2.84. The van der Waals surface area contributed by atoms with Crippen LogP contribution in [0.2, 0.25) is 5.02 Å². The van der Waals surface area contributed by atoms with E-state index >= 15 is 0 Å². The molecule has 182 valence electrons. The largest absolute Gasteiger partial charge is 0.336 e. The normalized spacial score (nSPS) is 14.9. The van der Waals surface area contributed by atoms with Crippen LogP contribution < -0.4 is 5.32 Å². The Morgan fingerprint density at radius 1 is 0.857 bits per heavy atom. The van der Waals surface area contributed by atoms with Gasteiger partial charge in [0.25, 0.3) is 17.7 Å². The Labute approximate surface area is 212 Å². The number of piperazine rings is 1. The van der Waals surface area contributed by atoms with E-state index < -0.39 is 27.0 Å². The van der Waals surface area contributed by atoms with Gasteiger partial charge in [-0.05, 0) is 47.8 Å². The molecule has 11 heteroatoms. The second-order valence-electron chi connectivity index (χ2n) is 7.81. The first-order valence-corrected chi connectivity index (χ1v) is 13.5. The van der Waals surface area contributed by atoms with E-state index in [1.54, 1.807) is 64.9 Å². The van der Waals surface area contributed by atoms with Gasteiger partial charge in [-0.15, -0.1) is 11.3 Å². The number of hydrogen-bond donors (Lipinski definition) is 1. The van der Waals surface area contributed by atoms with Crippen molar-refractivity contribution in [2.45, 2.75) is 10.3 Å². The Kier molecular flexibility index (Phi) is 7.54. The molecule has 1 aromatic heterocycles. The van der Waals surface area contributed by atoms with E-state index in [2.05, 4.69) is 5.32 Å².